The standard InChI is InChI=1S/C14H15NOS2/c1-14(2,3)18-13(16)17-12-9-8-10-6-4-5-7-11(10)15-12/h4-9H,1-3H3. The minimum atomic E-state index is -0.0546. The Morgan fingerprint density at radius 1 is 1.11 bits per heavy atom. The van der Waals surface area contributed by atoms with Crippen LogP contribution in [0.15, 0.2) is 41.4 Å². The summed E-state index contributed by atoms with van der Waals surface area (Å²) in [6.07, 6.45) is 0. The zero-order valence-corrected chi connectivity index (χ0v) is 12.3. The third kappa shape index (κ3) is 3.75. The van der Waals surface area contributed by atoms with Crippen LogP contribution in [0.25, 0.3) is 10.9 Å². The smallest absolute Gasteiger partial charge is 0.252 e. The minimum Gasteiger partial charge on any atom is -0.274 e. The van der Waals surface area contributed by atoms with Crippen LogP contribution in [0.4, 0.5) is 4.79 Å². The number of aromatic nitrogens is 1. The van der Waals surface area contributed by atoms with Crippen molar-refractivity contribution in [1.29, 1.82) is 0 Å². The fraction of sp³-hybridized carbons (Fsp3) is 0.286. The predicted molar refractivity (Wildman–Crippen MR) is 80.3 cm³/mol. The number of rotatable bonds is 1. The summed E-state index contributed by atoms with van der Waals surface area (Å²) in [5.74, 6) is 0. The molecule has 0 N–H and O–H groups in total. The fourth-order valence-electron chi connectivity index (χ4n) is 1.46. The summed E-state index contributed by atoms with van der Waals surface area (Å²) in [5.41, 5.74) is 0.927. The molecule has 0 saturated carbocycles. The highest BCUT2D eigenvalue weighted by molar-refractivity contribution is 8.39. The van der Waals surface area contributed by atoms with Gasteiger partial charge in [0.2, 0.25) is 0 Å². The van der Waals surface area contributed by atoms with Gasteiger partial charge in [0, 0.05) is 10.1 Å². The number of nitrogens with zero attached hydrogens (tertiary/aromatic N) is 1. The van der Waals surface area contributed by atoms with Gasteiger partial charge in [-0.1, -0.05) is 56.8 Å². The summed E-state index contributed by atoms with van der Waals surface area (Å²) in [6, 6.07) is 11.8. The molecule has 1 heterocycles. The molecule has 2 aromatic rings. The molecule has 0 bridgehead atoms. The normalized spacial score (nSPS) is 11.7. The van der Waals surface area contributed by atoms with Crippen molar-refractivity contribution in [1.82, 2.24) is 4.98 Å². The predicted octanol–water partition coefficient (Wildman–Crippen LogP) is 4.98. The molecular weight excluding hydrogens is 262 g/mol. The highest BCUT2D eigenvalue weighted by Crippen LogP contribution is 2.33. The molecule has 0 amide bonds. The maximum Gasteiger partial charge on any atom is 0.252 e. The molecular formula is C14H15NOS2. The lowest BCUT2D eigenvalue weighted by atomic mass is 10.2. The van der Waals surface area contributed by atoms with E-state index in [9.17, 15) is 4.79 Å². The van der Waals surface area contributed by atoms with E-state index in [4.69, 9.17) is 0 Å². The van der Waals surface area contributed by atoms with Crippen molar-refractivity contribution in [2.45, 2.75) is 30.5 Å². The minimum absolute atomic E-state index is 0.0546. The van der Waals surface area contributed by atoms with E-state index in [-0.39, 0.29) is 9.19 Å². The van der Waals surface area contributed by atoms with Crippen molar-refractivity contribution in [2.24, 2.45) is 0 Å². The van der Waals surface area contributed by atoms with Gasteiger partial charge in [-0.25, -0.2) is 4.98 Å². The number of fused-ring (bicyclic) bond motifs is 1. The number of hydrogen-bond acceptors (Lipinski definition) is 4. The van der Waals surface area contributed by atoms with Crippen LogP contribution in [0.1, 0.15) is 20.8 Å². The second-order valence-electron chi connectivity index (χ2n) is 4.91. The third-order valence-corrected chi connectivity index (χ3v) is 4.03. The first kappa shape index (κ1) is 13.4. The number of benzene rings is 1. The molecule has 0 aliphatic heterocycles. The molecule has 2 nitrogen and oxygen atoms in total. The Bertz CT molecular complexity index is 575. The van der Waals surface area contributed by atoms with Crippen molar-refractivity contribution in [3.8, 4) is 0 Å². The van der Waals surface area contributed by atoms with Crippen LogP contribution in [0.3, 0.4) is 0 Å². The molecule has 0 aliphatic rings. The van der Waals surface area contributed by atoms with Crippen molar-refractivity contribution in [2.75, 3.05) is 0 Å². The van der Waals surface area contributed by atoms with E-state index in [1.54, 1.807) is 0 Å². The summed E-state index contributed by atoms with van der Waals surface area (Å²) < 4.78 is 0.0336. The molecule has 1 aromatic heterocycles. The van der Waals surface area contributed by atoms with Crippen LogP contribution in [-0.4, -0.2) is 14.2 Å². The maximum absolute atomic E-state index is 11.9. The van der Waals surface area contributed by atoms with Gasteiger partial charge in [-0.2, -0.15) is 0 Å². The Balaban J connectivity index is 2.15. The number of para-hydroxylation sites is 1. The van der Waals surface area contributed by atoms with Crippen molar-refractivity contribution < 1.29 is 4.79 Å². The van der Waals surface area contributed by atoms with Crippen LogP contribution in [0, 0.1) is 0 Å². The van der Waals surface area contributed by atoms with Gasteiger partial charge in [-0.05, 0) is 23.9 Å². The fourth-order valence-corrected chi connectivity index (χ4v) is 3.58. The topological polar surface area (TPSA) is 30.0 Å². The van der Waals surface area contributed by atoms with Gasteiger partial charge in [-0.15, -0.1) is 0 Å². The van der Waals surface area contributed by atoms with Gasteiger partial charge in [-0.3, -0.25) is 4.79 Å². The first-order valence-electron chi connectivity index (χ1n) is 5.71. The Kier molecular flexibility index (Phi) is 3.97. The Hall–Kier alpha value is -1.00. The average Bonchev–Trinajstić information content (AvgIpc) is 2.26. The van der Waals surface area contributed by atoms with E-state index in [0.29, 0.717) is 0 Å². The lowest BCUT2D eigenvalue weighted by Crippen LogP contribution is -2.09. The third-order valence-electron chi connectivity index (χ3n) is 2.15. The van der Waals surface area contributed by atoms with Gasteiger partial charge >= 0.3 is 0 Å². The molecule has 2 rings (SSSR count). The highest BCUT2D eigenvalue weighted by atomic mass is 32.2. The number of pyridine rings is 1. The monoisotopic (exact) mass is 277 g/mol. The van der Waals surface area contributed by atoms with Gasteiger partial charge in [0.25, 0.3) is 4.45 Å². The second kappa shape index (κ2) is 5.33. The van der Waals surface area contributed by atoms with Crippen LogP contribution < -0.4 is 0 Å². The number of thioether (sulfide) groups is 2. The number of carbonyl (C=O) groups excluding carboxylic acids is 1. The lowest BCUT2D eigenvalue weighted by Gasteiger charge is -2.15. The zero-order chi connectivity index (χ0) is 13.2. The van der Waals surface area contributed by atoms with Crippen LogP contribution >= 0.6 is 23.5 Å². The Morgan fingerprint density at radius 2 is 1.83 bits per heavy atom. The van der Waals surface area contributed by atoms with Gasteiger partial charge in [0.05, 0.1) is 5.52 Å². The maximum atomic E-state index is 11.9. The molecule has 0 fully saturated rings. The Morgan fingerprint density at radius 3 is 2.56 bits per heavy atom. The van der Waals surface area contributed by atoms with E-state index in [0.717, 1.165) is 15.9 Å². The molecule has 4 heteroatoms. The number of hydrogen-bond donors (Lipinski definition) is 0. The molecule has 18 heavy (non-hydrogen) atoms. The van der Waals surface area contributed by atoms with Crippen molar-refractivity contribution >= 4 is 38.9 Å². The number of carbonyl (C=O) groups is 1. The zero-order valence-electron chi connectivity index (χ0n) is 10.6. The quantitative estimate of drug-likeness (QED) is 0.688. The van der Waals surface area contributed by atoms with E-state index < -0.39 is 0 Å². The first-order chi connectivity index (χ1) is 8.44. The summed E-state index contributed by atoms with van der Waals surface area (Å²) >= 11 is 2.54. The largest absolute Gasteiger partial charge is 0.274 e. The SMILES string of the molecule is CC(C)(C)SC(=O)Sc1ccc2ccccc2n1. The van der Waals surface area contributed by atoms with Gasteiger partial charge < -0.3 is 0 Å². The first-order valence-corrected chi connectivity index (χ1v) is 7.34. The molecule has 0 saturated heterocycles. The molecule has 0 aliphatic carbocycles. The summed E-state index contributed by atoms with van der Waals surface area (Å²) in [7, 11) is 0. The van der Waals surface area contributed by atoms with Crippen molar-refractivity contribution in [3.05, 3.63) is 36.4 Å². The molecule has 94 valence electrons. The lowest BCUT2D eigenvalue weighted by molar-refractivity contribution is 0.276. The van der Waals surface area contributed by atoms with E-state index in [1.807, 2.05) is 57.2 Å². The van der Waals surface area contributed by atoms with E-state index in [2.05, 4.69) is 4.98 Å². The Labute approximate surface area is 116 Å². The molecule has 1 aromatic carbocycles. The van der Waals surface area contributed by atoms with Crippen LogP contribution in [-0.2, 0) is 0 Å². The van der Waals surface area contributed by atoms with Gasteiger partial charge in [0.15, 0.2) is 0 Å². The molecule has 0 radical (unpaired) electrons. The molecule has 0 atom stereocenters. The van der Waals surface area contributed by atoms with E-state index >= 15 is 0 Å². The van der Waals surface area contributed by atoms with Crippen molar-refractivity contribution in [3.63, 3.8) is 0 Å². The summed E-state index contributed by atoms with van der Waals surface area (Å²) in [6.45, 7) is 6.10. The molecule has 0 unspecified atom stereocenters. The summed E-state index contributed by atoms with van der Waals surface area (Å²) in [4.78, 5) is 16.3. The summed E-state index contributed by atoms with van der Waals surface area (Å²) in [5, 5.41) is 1.85. The van der Waals surface area contributed by atoms with Crippen LogP contribution in [0.2, 0.25) is 0 Å². The molecule has 0 spiro atoms. The highest BCUT2D eigenvalue weighted by Gasteiger charge is 2.18. The van der Waals surface area contributed by atoms with Gasteiger partial charge in [0.1, 0.15) is 5.03 Å². The average molecular weight is 277 g/mol. The van der Waals surface area contributed by atoms with E-state index in [1.165, 1.54) is 23.5 Å². The second-order valence-corrected chi connectivity index (χ2v) is 7.96. The van der Waals surface area contributed by atoms with Crippen LogP contribution in [0.5, 0.6) is 0 Å².